The van der Waals surface area contributed by atoms with Gasteiger partial charge in [-0.2, -0.15) is 0 Å². The molecule has 1 aromatic carbocycles. The van der Waals surface area contributed by atoms with Gasteiger partial charge in [-0.15, -0.1) is 0 Å². The van der Waals surface area contributed by atoms with Crippen LogP contribution in [0.3, 0.4) is 0 Å². The van der Waals surface area contributed by atoms with Crippen LogP contribution in [-0.2, 0) is 19.1 Å². The van der Waals surface area contributed by atoms with Crippen molar-refractivity contribution in [2.75, 3.05) is 14.2 Å². The lowest BCUT2D eigenvalue weighted by Gasteiger charge is -2.32. The Morgan fingerprint density at radius 3 is 2.23 bits per heavy atom. The maximum Gasteiger partial charge on any atom is 0.331 e. The summed E-state index contributed by atoms with van der Waals surface area (Å²) in [6.45, 7) is 12.9. The number of carbonyl (C=O) groups is 2. The summed E-state index contributed by atoms with van der Waals surface area (Å²) in [7, 11) is 2.78. The molecule has 3 atom stereocenters. The van der Waals surface area contributed by atoms with Gasteiger partial charge in [-0.25, -0.2) is 4.79 Å². The Hall–Kier alpha value is -2.61. The first-order valence-corrected chi connectivity index (χ1v) is 10.2. The molecular weight excluding hydrogens is 400 g/mol. The molecule has 1 aromatic rings. The van der Waals surface area contributed by atoms with E-state index in [1.54, 1.807) is 19.1 Å². The van der Waals surface area contributed by atoms with Crippen LogP contribution in [0.1, 0.15) is 54.0 Å². The summed E-state index contributed by atoms with van der Waals surface area (Å²) in [5.41, 5.74) is -0.665. The van der Waals surface area contributed by atoms with Gasteiger partial charge in [0.15, 0.2) is 6.04 Å². The molecule has 31 heavy (non-hydrogen) atoms. The highest BCUT2D eigenvalue weighted by Gasteiger charge is 2.37. The van der Waals surface area contributed by atoms with Crippen LogP contribution >= 0.6 is 0 Å². The van der Waals surface area contributed by atoms with Gasteiger partial charge in [-0.1, -0.05) is 20.8 Å². The van der Waals surface area contributed by atoms with Crippen LogP contribution in [-0.4, -0.2) is 61.2 Å². The summed E-state index contributed by atoms with van der Waals surface area (Å²) >= 11 is 0. The molecule has 2 N–H and O–H groups in total. The molecule has 0 bridgehead atoms. The molecule has 0 aliphatic carbocycles. The van der Waals surface area contributed by atoms with Gasteiger partial charge in [-0.05, 0) is 51.3 Å². The van der Waals surface area contributed by atoms with Crippen molar-refractivity contribution >= 4 is 18.1 Å². The van der Waals surface area contributed by atoms with Gasteiger partial charge in [-0.3, -0.25) is 9.79 Å². The van der Waals surface area contributed by atoms with Crippen molar-refractivity contribution < 1.29 is 28.9 Å². The highest BCUT2D eigenvalue weighted by molar-refractivity contribution is 5.91. The van der Waals surface area contributed by atoms with E-state index < -0.39 is 41.1 Å². The van der Waals surface area contributed by atoms with E-state index in [-0.39, 0.29) is 5.75 Å². The fourth-order valence-electron chi connectivity index (χ4n) is 2.96. The summed E-state index contributed by atoms with van der Waals surface area (Å²) in [6, 6.07) is 2.89. The van der Waals surface area contributed by atoms with Crippen molar-refractivity contribution in [3.05, 3.63) is 23.8 Å². The zero-order valence-electron chi connectivity index (χ0n) is 20.0. The fourth-order valence-corrected chi connectivity index (χ4v) is 2.96. The van der Waals surface area contributed by atoms with Crippen LogP contribution in [0, 0.1) is 5.41 Å². The molecule has 174 valence electrons. The molecule has 1 amide bonds. The number of rotatable bonds is 8. The van der Waals surface area contributed by atoms with E-state index in [1.807, 2.05) is 41.5 Å². The number of amides is 1. The number of nitrogens with zero attached hydrogens (tertiary/aromatic N) is 1. The normalized spacial score (nSPS) is 15.3. The quantitative estimate of drug-likeness (QED) is 0.479. The fraction of sp³-hybridized carbons (Fsp3) is 0.609. The van der Waals surface area contributed by atoms with Gasteiger partial charge in [0.25, 0.3) is 0 Å². The van der Waals surface area contributed by atoms with Crippen LogP contribution < -0.4 is 10.1 Å². The predicted molar refractivity (Wildman–Crippen MR) is 120 cm³/mol. The van der Waals surface area contributed by atoms with Crippen LogP contribution in [0.15, 0.2) is 23.2 Å². The zero-order chi connectivity index (χ0) is 24.0. The Morgan fingerprint density at radius 1 is 1.13 bits per heavy atom. The zero-order valence-corrected chi connectivity index (χ0v) is 20.0. The minimum Gasteiger partial charge on any atom is -0.507 e. The first kappa shape index (κ1) is 26.4. The van der Waals surface area contributed by atoms with Crippen molar-refractivity contribution in [3.8, 4) is 11.5 Å². The number of carbonyl (C=O) groups excluding carboxylic acids is 2. The molecule has 8 nitrogen and oxygen atoms in total. The lowest BCUT2D eigenvalue weighted by atomic mass is 9.86. The molecule has 0 fully saturated rings. The minimum atomic E-state index is -0.998. The van der Waals surface area contributed by atoms with E-state index >= 15 is 0 Å². The molecule has 1 rings (SSSR count). The third kappa shape index (κ3) is 8.20. The average Bonchev–Trinajstić information content (AvgIpc) is 2.64. The molecule has 0 unspecified atom stereocenters. The second kappa shape index (κ2) is 10.6. The Kier molecular flexibility index (Phi) is 9.05. The smallest absolute Gasteiger partial charge is 0.331 e. The van der Waals surface area contributed by atoms with Gasteiger partial charge < -0.3 is 24.6 Å². The number of methoxy groups -OCH3 is 2. The van der Waals surface area contributed by atoms with Gasteiger partial charge in [0.05, 0.1) is 25.9 Å². The Morgan fingerprint density at radius 2 is 1.74 bits per heavy atom. The van der Waals surface area contributed by atoms with Crippen molar-refractivity contribution in [2.24, 2.45) is 10.4 Å². The number of esters is 1. The maximum absolute atomic E-state index is 13.1. The van der Waals surface area contributed by atoms with Crippen molar-refractivity contribution in [1.82, 2.24) is 5.32 Å². The van der Waals surface area contributed by atoms with Gasteiger partial charge in [0, 0.05) is 11.8 Å². The Balaban J connectivity index is 3.18. The Labute approximate surface area is 185 Å². The maximum atomic E-state index is 13.1. The summed E-state index contributed by atoms with van der Waals surface area (Å²) in [4.78, 5) is 29.9. The number of phenols is 1. The summed E-state index contributed by atoms with van der Waals surface area (Å²) in [6.07, 6.45) is 0.804. The van der Waals surface area contributed by atoms with E-state index in [0.717, 1.165) is 0 Å². The third-order valence-corrected chi connectivity index (χ3v) is 4.43. The molecule has 0 aromatic heterocycles. The standard InChI is InChI=1S/C23H36N2O6/c1-14(31-23(5,6)7)18(21(28)30-9)25-20(27)19(22(2,3)4)24-13-15-12-16(29-8)10-11-17(15)26/h10-14,18-19,26H,1-9H3,(H,25,27)/t14-,18+,19-/m1/s1. The molecular formula is C23H36N2O6. The van der Waals surface area contributed by atoms with E-state index in [0.29, 0.717) is 11.3 Å². The van der Waals surface area contributed by atoms with E-state index in [9.17, 15) is 14.7 Å². The largest absolute Gasteiger partial charge is 0.507 e. The summed E-state index contributed by atoms with van der Waals surface area (Å²) < 4.78 is 15.9. The van der Waals surface area contributed by atoms with Crippen LogP contribution in [0.25, 0.3) is 0 Å². The first-order valence-electron chi connectivity index (χ1n) is 10.2. The monoisotopic (exact) mass is 436 g/mol. The number of benzene rings is 1. The van der Waals surface area contributed by atoms with Gasteiger partial charge in [0.2, 0.25) is 5.91 Å². The number of hydrogen-bond acceptors (Lipinski definition) is 7. The molecule has 0 saturated carbocycles. The second-order valence-electron chi connectivity index (χ2n) is 9.42. The van der Waals surface area contributed by atoms with E-state index in [2.05, 4.69) is 10.3 Å². The van der Waals surface area contributed by atoms with Crippen LogP contribution in [0.2, 0.25) is 0 Å². The van der Waals surface area contributed by atoms with Gasteiger partial charge in [0.1, 0.15) is 17.5 Å². The lowest BCUT2D eigenvalue weighted by Crippen LogP contribution is -2.54. The molecule has 0 heterocycles. The molecule has 0 saturated heterocycles. The summed E-state index contributed by atoms with van der Waals surface area (Å²) in [5.74, 6) is -0.495. The summed E-state index contributed by atoms with van der Waals surface area (Å²) in [5, 5.41) is 12.8. The average molecular weight is 437 g/mol. The molecule has 0 aliphatic rings. The molecule has 0 spiro atoms. The van der Waals surface area contributed by atoms with Crippen LogP contribution in [0.4, 0.5) is 0 Å². The molecule has 8 heteroatoms. The van der Waals surface area contributed by atoms with Gasteiger partial charge >= 0.3 is 5.97 Å². The third-order valence-electron chi connectivity index (χ3n) is 4.43. The van der Waals surface area contributed by atoms with Crippen molar-refractivity contribution in [1.29, 1.82) is 0 Å². The topological polar surface area (TPSA) is 106 Å². The SMILES string of the molecule is COC(=O)[C@@H](NC(=O)[C@@H](N=Cc1cc(OC)ccc1O)C(C)(C)C)[C@@H](C)OC(C)(C)C. The van der Waals surface area contributed by atoms with Crippen molar-refractivity contribution in [3.63, 3.8) is 0 Å². The number of hydrogen-bond donors (Lipinski definition) is 2. The number of phenolic OH excluding ortho intramolecular Hbond substituents is 1. The van der Waals surface area contributed by atoms with E-state index in [4.69, 9.17) is 14.2 Å². The molecule has 0 radical (unpaired) electrons. The second-order valence-corrected chi connectivity index (χ2v) is 9.42. The van der Waals surface area contributed by atoms with Crippen LogP contribution in [0.5, 0.6) is 11.5 Å². The van der Waals surface area contributed by atoms with Crippen molar-refractivity contribution in [2.45, 2.75) is 72.3 Å². The minimum absolute atomic E-state index is 0.0113. The predicted octanol–water partition coefficient (Wildman–Crippen LogP) is 3.10. The number of aromatic hydroxyl groups is 1. The highest BCUT2D eigenvalue weighted by atomic mass is 16.5. The number of nitrogens with one attached hydrogen (secondary N) is 1. The molecule has 0 aliphatic heterocycles. The first-order chi connectivity index (χ1) is 14.2. The lowest BCUT2D eigenvalue weighted by molar-refractivity contribution is -0.153. The Bertz CT molecular complexity index is 792. The highest BCUT2D eigenvalue weighted by Crippen LogP contribution is 2.25. The number of aliphatic imine (C=N–C) groups is 1. The van der Waals surface area contributed by atoms with E-state index in [1.165, 1.54) is 26.5 Å². The number of ether oxygens (including phenoxy) is 3.